The molecule has 2 heterocycles. The summed E-state index contributed by atoms with van der Waals surface area (Å²) >= 11 is 0. The Bertz CT molecular complexity index is 1590. The molecule has 0 radical (unpaired) electrons. The average Bonchev–Trinajstić information content (AvgIpc) is 3.36. The number of pyridine rings is 1. The van der Waals surface area contributed by atoms with Crippen molar-refractivity contribution in [1.29, 1.82) is 0 Å². The van der Waals surface area contributed by atoms with E-state index < -0.39 is 29.5 Å². The molecule has 0 aliphatic carbocycles. The lowest BCUT2D eigenvalue weighted by atomic mass is 10.1. The van der Waals surface area contributed by atoms with Crippen LogP contribution in [0.15, 0.2) is 83.8 Å². The second-order valence-corrected chi connectivity index (χ2v) is 8.67. The van der Waals surface area contributed by atoms with Crippen LogP contribution < -0.4 is 26.7 Å². The number of aromatic nitrogens is 3. The molecule has 4 rings (SSSR count). The van der Waals surface area contributed by atoms with Gasteiger partial charge < -0.3 is 35.4 Å². The topological polar surface area (TPSA) is 170 Å². The number of rotatable bonds is 11. The van der Waals surface area contributed by atoms with Crippen molar-refractivity contribution in [3.05, 3.63) is 95.2 Å². The van der Waals surface area contributed by atoms with E-state index in [-0.39, 0.29) is 25.1 Å². The van der Waals surface area contributed by atoms with Crippen molar-refractivity contribution in [1.82, 2.24) is 19.9 Å². The van der Waals surface area contributed by atoms with Crippen LogP contribution in [-0.4, -0.2) is 45.6 Å². The Morgan fingerprint density at radius 1 is 1.10 bits per heavy atom. The Morgan fingerprint density at radius 3 is 2.65 bits per heavy atom. The molecular weight excluding hydrogens is 516 g/mol. The summed E-state index contributed by atoms with van der Waals surface area (Å²) in [5, 5.41) is 5.00. The Labute approximate surface area is 228 Å². The van der Waals surface area contributed by atoms with Gasteiger partial charge in [0.2, 0.25) is 11.8 Å². The van der Waals surface area contributed by atoms with E-state index in [1.807, 2.05) is 48.5 Å². The lowest BCUT2D eigenvalue weighted by Crippen LogP contribution is -2.44. The zero-order chi connectivity index (χ0) is 28.5. The van der Waals surface area contributed by atoms with Crippen LogP contribution in [0.1, 0.15) is 18.7 Å². The standard InChI is InChI=1S/C28H28N6O6/c1-39-28(38)32-20(11-5-6-15-23(29)35)26(36)31-21-13-8-16-34(27(21)37)17-24-30-19-12-7-14-22(25(19)33-24)40-18-9-3-2-4-10-18/h2-4,6-10,12-16,20H,5,11,17H2,1H3,(H2,29,35)(H,30,33)(H,31,36)(H,32,38). The predicted octanol–water partition coefficient (Wildman–Crippen LogP) is 3.05. The van der Waals surface area contributed by atoms with Gasteiger partial charge in [0.15, 0.2) is 5.75 Å². The Balaban J connectivity index is 1.50. The Morgan fingerprint density at radius 2 is 1.90 bits per heavy atom. The van der Waals surface area contributed by atoms with E-state index in [0.29, 0.717) is 22.8 Å². The third-order valence-corrected chi connectivity index (χ3v) is 5.79. The molecule has 0 saturated carbocycles. The van der Waals surface area contributed by atoms with E-state index in [9.17, 15) is 19.2 Å². The zero-order valence-corrected chi connectivity index (χ0v) is 21.6. The van der Waals surface area contributed by atoms with Crippen LogP contribution in [0.5, 0.6) is 11.5 Å². The maximum atomic E-state index is 13.2. The number of amides is 3. The van der Waals surface area contributed by atoms with E-state index in [1.165, 1.54) is 23.8 Å². The molecule has 5 N–H and O–H groups in total. The highest BCUT2D eigenvalue weighted by molar-refractivity contribution is 5.96. The number of nitrogens with two attached hydrogens (primary N) is 1. The van der Waals surface area contributed by atoms with Gasteiger partial charge in [-0.05, 0) is 55.3 Å². The van der Waals surface area contributed by atoms with Crippen LogP contribution in [0, 0.1) is 0 Å². The highest BCUT2D eigenvalue weighted by Gasteiger charge is 2.22. The normalized spacial score (nSPS) is 11.7. The third kappa shape index (κ3) is 7.13. The largest absolute Gasteiger partial charge is 0.455 e. The molecule has 40 heavy (non-hydrogen) atoms. The minimum absolute atomic E-state index is 0.0149. The number of allylic oxidation sites excluding steroid dienone is 1. The number of fused-ring (bicyclic) bond motifs is 1. The number of imidazole rings is 1. The van der Waals surface area contributed by atoms with Crippen LogP contribution in [0.4, 0.5) is 10.5 Å². The first-order chi connectivity index (χ1) is 19.3. The molecular formula is C28H28N6O6. The maximum absolute atomic E-state index is 13.2. The number of alkyl carbamates (subject to hydrolysis) is 1. The molecule has 206 valence electrons. The van der Waals surface area contributed by atoms with E-state index >= 15 is 0 Å². The maximum Gasteiger partial charge on any atom is 0.407 e. The molecule has 0 aliphatic heterocycles. The van der Waals surface area contributed by atoms with Gasteiger partial charge in [-0.2, -0.15) is 0 Å². The fourth-order valence-corrected chi connectivity index (χ4v) is 3.90. The molecule has 0 bridgehead atoms. The smallest absolute Gasteiger partial charge is 0.407 e. The number of H-pyrrole nitrogens is 1. The predicted molar refractivity (Wildman–Crippen MR) is 148 cm³/mol. The number of carbonyl (C=O) groups is 3. The summed E-state index contributed by atoms with van der Waals surface area (Å²) in [7, 11) is 1.17. The molecule has 0 fully saturated rings. The van der Waals surface area contributed by atoms with Gasteiger partial charge in [-0.25, -0.2) is 9.78 Å². The number of anilines is 1. The van der Waals surface area contributed by atoms with Gasteiger partial charge in [0.05, 0.1) is 19.2 Å². The first-order valence-corrected chi connectivity index (χ1v) is 12.4. The minimum atomic E-state index is -1.03. The van der Waals surface area contributed by atoms with Crippen molar-refractivity contribution < 1.29 is 23.9 Å². The monoisotopic (exact) mass is 544 g/mol. The van der Waals surface area contributed by atoms with Gasteiger partial charge in [-0.15, -0.1) is 0 Å². The SMILES string of the molecule is COC(=O)NC(CCC=CC(N)=O)C(=O)Nc1cccn(Cc2nc3c(Oc4ccccc4)cccc3[nH]2)c1=O. The third-order valence-electron chi connectivity index (χ3n) is 5.79. The molecule has 0 aliphatic rings. The lowest BCUT2D eigenvalue weighted by molar-refractivity contribution is -0.118. The number of methoxy groups -OCH3 is 1. The number of benzene rings is 2. The molecule has 12 nitrogen and oxygen atoms in total. The summed E-state index contributed by atoms with van der Waals surface area (Å²) < 4.78 is 12.0. The highest BCUT2D eigenvalue weighted by atomic mass is 16.5. The summed E-state index contributed by atoms with van der Waals surface area (Å²) in [5.74, 6) is 0.490. The first-order valence-electron chi connectivity index (χ1n) is 12.4. The number of hydrogen-bond donors (Lipinski definition) is 4. The van der Waals surface area contributed by atoms with Crippen molar-refractivity contribution in [2.45, 2.75) is 25.4 Å². The van der Waals surface area contributed by atoms with Gasteiger partial charge in [0.1, 0.15) is 28.8 Å². The van der Waals surface area contributed by atoms with Gasteiger partial charge in [0.25, 0.3) is 5.56 Å². The first kappa shape index (κ1) is 27.6. The molecule has 3 amide bonds. The average molecular weight is 545 g/mol. The fourth-order valence-electron chi connectivity index (χ4n) is 3.90. The number of primary amides is 1. The van der Waals surface area contributed by atoms with Crippen molar-refractivity contribution in [2.24, 2.45) is 5.73 Å². The van der Waals surface area contributed by atoms with Crippen LogP contribution in [-0.2, 0) is 20.9 Å². The summed E-state index contributed by atoms with van der Waals surface area (Å²) in [5.41, 5.74) is 5.97. The van der Waals surface area contributed by atoms with Crippen LogP contribution >= 0.6 is 0 Å². The zero-order valence-electron chi connectivity index (χ0n) is 21.6. The second-order valence-electron chi connectivity index (χ2n) is 8.67. The van der Waals surface area contributed by atoms with Gasteiger partial charge in [-0.3, -0.25) is 14.4 Å². The van der Waals surface area contributed by atoms with E-state index in [0.717, 1.165) is 11.6 Å². The molecule has 2 aromatic heterocycles. The summed E-state index contributed by atoms with van der Waals surface area (Å²) in [4.78, 5) is 56.6. The van der Waals surface area contributed by atoms with Crippen LogP contribution in [0.25, 0.3) is 11.0 Å². The molecule has 0 spiro atoms. The van der Waals surface area contributed by atoms with Gasteiger partial charge in [0, 0.05) is 6.20 Å². The second kappa shape index (κ2) is 12.9. The molecule has 0 saturated heterocycles. The number of ether oxygens (including phenoxy) is 2. The number of aromatic amines is 1. The molecule has 12 heteroatoms. The lowest BCUT2D eigenvalue weighted by Gasteiger charge is -2.17. The fraction of sp³-hybridized carbons (Fsp3) is 0.179. The Kier molecular flexibility index (Phi) is 8.92. The summed E-state index contributed by atoms with van der Waals surface area (Å²) in [6.07, 6.45) is 3.82. The van der Waals surface area contributed by atoms with Gasteiger partial charge >= 0.3 is 6.09 Å². The van der Waals surface area contributed by atoms with E-state index in [4.69, 9.17) is 10.5 Å². The van der Waals surface area contributed by atoms with Crippen molar-refractivity contribution >= 4 is 34.6 Å². The molecule has 4 aromatic rings. The molecule has 2 aromatic carbocycles. The number of nitrogens with zero attached hydrogens (tertiary/aromatic N) is 2. The Hall–Kier alpha value is -5.39. The van der Waals surface area contributed by atoms with Gasteiger partial charge in [-0.1, -0.05) is 30.3 Å². The minimum Gasteiger partial charge on any atom is -0.455 e. The van der Waals surface area contributed by atoms with Crippen molar-refractivity contribution in [3.63, 3.8) is 0 Å². The number of nitrogens with one attached hydrogen (secondary N) is 3. The molecule has 1 atom stereocenters. The van der Waals surface area contributed by atoms with Crippen LogP contribution in [0.3, 0.4) is 0 Å². The van der Waals surface area contributed by atoms with Crippen molar-refractivity contribution in [3.8, 4) is 11.5 Å². The summed E-state index contributed by atoms with van der Waals surface area (Å²) in [6.45, 7) is 0.101. The number of para-hydroxylation sites is 2. The summed E-state index contributed by atoms with van der Waals surface area (Å²) in [6, 6.07) is 16.9. The molecule has 1 unspecified atom stereocenters. The highest BCUT2D eigenvalue weighted by Crippen LogP contribution is 2.28. The number of carbonyl (C=O) groups excluding carboxylic acids is 3. The van der Waals surface area contributed by atoms with Crippen LogP contribution in [0.2, 0.25) is 0 Å². The number of hydrogen-bond acceptors (Lipinski definition) is 7. The van der Waals surface area contributed by atoms with E-state index in [2.05, 4.69) is 25.3 Å². The van der Waals surface area contributed by atoms with E-state index in [1.54, 1.807) is 12.3 Å². The van der Waals surface area contributed by atoms with Crippen molar-refractivity contribution in [2.75, 3.05) is 12.4 Å². The quantitative estimate of drug-likeness (QED) is 0.210.